The predicted octanol–water partition coefficient (Wildman–Crippen LogP) is 2.79. The lowest BCUT2D eigenvalue weighted by molar-refractivity contribution is 0.151. The Hall–Kier alpha value is -1.16. The first-order chi connectivity index (χ1) is 7.75. The van der Waals surface area contributed by atoms with Crippen LogP contribution in [0.25, 0.3) is 0 Å². The minimum atomic E-state index is -2.38. The molecule has 0 aliphatic carbocycles. The Kier molecular flexibility index (Phi) is 3.72. The molecule has 16 heavy (non-hydrogen) atoms. The summed E-state index contributed by atoms with van der Waals surface area (Å²) in [7, 11) is 0. The zero-order valence-corrected chi connectivity index (χ0v) is 9.05. The minimum absolute atomic E-state index is 0.0736. The van der Waals surface area contributed by atoms with Crippen LogP contribution in [-0.2, 0) is 0 Å². The second-order valence-corrected chi connectivity index (χ2v) is 4.10. The van der Waals surface area contributed by atoms with Crippen molar-refractivity contribution in [2.75, 3.05) is 18.4 Å². The van der Waals surface area contributed by atoms with Gasteiger partial charge in [0.05, 0.1) is 0 Å². The summed E-state index contributed by atoms with van der Waals surface area (Å²) in [5.74, 6) is 0. The van der Waals surface area contributed by atoms with Crippen LogP contribution in [0, 0.1) is 0 Å². The lowest BCUT2D eigenvalue weighted by Crippen LogP contribution is -2.29. The van der Waals surface area contributed by atoms with Crippen molar-refractivity contribution in [3.05, 3.63) is 29.8 Å². The highest BCUT2D eigenvalue weighted by Crippen LogP contribution is 2.20. The summed E-state index contributed by atoms with van der Waals surface area (Å²) < 4.78 is 24.6. The first kappa shape index (κ1) is 11.3. The number of rotatable bonds is 4. The van der Waals surface area contributed by atoms with Crippen molar-refractivity contribution in [2.45, 2.75) is 25.3 Å². The molecule has 88 valence electrons. The van der Waals surface area contributed by atoms with Crippen LogP contribution >= 0.6 is 0 Å². The van der Waals surface area contributed by atoms with Gasteiger partial charge < -0.3 is 10.6 Å². The molecule has 0 aromatic heterocycles. The fourth-order valence-electron chi connectivity index (χ4n) is 1.92. The van der Waals surface area contributed by atoms with E-state index in [0.29, 0.717) is 6.04 Å². The second-order valence-electron chi connectivity index (χ2n) is 4.10. The molecule has 1 saturated heterocycles. The van der Waals surface area contributed by atoms with Gasteiger partial charge in [0.1, 0.15) is 0 Å². The van der Waals surface area contributed by atoms with E-state index in [4.69, 9.17) is 0 Å². The number of benzene rings is 1. The summed E-state index contributed by atoms with van der Waals surface area (Å²) in [4.78, 5) is 0. The summed E-state index contributed by atoms with van der Waals surface area (Å²) in [5.41, 5.74) is 0.975. The van der Waals surface area contributed by atoms with Gasteiger partial charge in [-0.05, 0) is 31.5 Å². The first-order valence-electron chi connectivity index (χ1n) is 5.61. The summed E-state index contributed by atoms with van der Waals surface area (Å²) in [6.07, 6.45) is 0.0178. The van der Waals surface area contributed by atoms with Gasteiger partial charge in [0.25, 0.3) is 6.43 Å². The van der Waals surface area contributed by atoms with E-state index >= 15 is 0 Å². The van der Waals surface area contributed by atoms with Crippen LogP contribution in [0.5, 0.6) is 0 Å². The van der Waals surface area contributed by atoms with Crippen LogP contribution in [0.1, 0.15) is 24.8 Å². The maximum Gasteiger partial charge on any atom is 0.263 e. The zero-order valence-electron chi connectivity index (χ0n) is 9.05. The molecule has 1 unspecified atom stereocenters. The van der Waals surface area contributed by atoms with Gasteiger partial charge in [0.15, 0.2) is 0 Å². The monoisotopic (exact) mass is 226 g/mol. The highest BCUT2D eigenvalue weighted by Gasteiger charge is 2.13. The fourth-order valence-corrected chi connectivity index (χ4v) is 1.92. The van der Waals surface area contributed by atoms with Crippen molar-refractivity contribution in [2.24, 2.45) is 0 Å². The number of hydrogen-bond acceptors (Lipinski definition) is 2. The van der Waals surface area contributed by atoms with E-state index < -0.39 is 6.43 Å². The summed E-state index contributed by atoms with van der Waals surface area (Å²) in [6.45, 7) is 1.94. The zero-order chi connectivity index (χ0) is 11.4. The topological polar surface area (TPSA) is 24.1 Å². The molecule has 0 radical (unpaired) electrons. The van der Waals surface area contributed by atoms with E-state index in [-0.39, 0.29) is 5.56 Å². The van der Waals surface area contributed by atoms with Crippen LogP contribution in [-0.4, -0.2) is 19.1 Å². The van der Waals surface area contributed by atoms with Crippen molar-refractivity contribution >= 4 is 5.69 Å². The van der Waals surface area contributed by atoms with Crippen molar-refractivity contribution in [1.82, 2.24) is 5.32 Å². The molecule has 2 N–H and O–H groups in total. The third-order valence-electron chi connectivity index (χ3n) is 2.88. The van der Waals surface area contributed by atoms with Gasteiger partial charge in [-0.25, -0.2) is 8.78 Å². The standard InChI is InChI=1S/C12H16F2N2/c13-12(14)9-3-5-10(6-4-9)16-8-11-2-1-7-15-11/h3-6,11-12,15-16H,1-2,7-8H2. The van der Waals surface area contributed by atoms with Gasteiger partial charge in [-0.3, -0.25) is 0 Å². The predicted molar refractivity (Wildman–Crippen MR) is 60.9 cm³/mol. The Balaban J connectivity index is 1.84. The van der Waals surface area contributed by atoms with Crippen LogP contribution in [0.2, 0.25) is 0 Å². The molecule has 0 saturated carbocycles. The number of halogens is 2. The Bertz CT molecular complexity index is 318. The number of hydrogen-bond donors (Lipinski definition) is 2. The Morgan fingerprint density at radius 1 is 1.31 bits per heavy atom. The molecule has 0 spiro atoms. The molecule has 0 amide bonds. The quantitative estimate of drug-likeness (QED) is 0.825. The number of anilines is 1. The van der Waals surface area contributed by atoms with Crippen LogP contribution in [0.15, 0.2) is 24.3 Å². The molecule has 1 heterocycles. The normalized spacial score (nSPS) is 20.3. The smallest absolute Gasteiger partial charge is 0.263 e. The second kappa shape index (κ2) is 5.25. The van der Waals surface area contributed by atoms with Gasteiger partial charge in [0.2, 0.25) is 0 Å². The van der Waals surface area contributed by atoms with E-state index in [1.165, 1.54) is 25.0 Å². The summed E-state index contributed by atoms with van der Waals surface area (Å²) in [6, 6.07) is 6.85. The molecule has 2 nitrogen and oxygen atoms in total. The highest BCUT2D eigenvalue weighted by molar-refractivity contribution is 5.44. The summed E-state index contributed by atoms with van der Waals surface area (Å²) in [5, 5.41) is 6.62. The molecule has 1 aromatic carbocycles. The molecular weight excluding hydrogens is 210 g/mol. The lowest BCUT2D eigenvalue weighted by Gasteiger charge is -2.12. The Morgan fingerprint density at radius 2 is 2.06 bits per heavy atom. The molecule has 1 aromatic rings. The van der Waals surface area contributed by atoms with Crippen molar-refractivity contribution in [1.29, 1.82) is 0 Å². The Morgan fingerprint density at radius 3 is 2.62 bits per heavy atom. The molecule has 1 fully saturated rings. The summed E-state index contributed by atoms with van der Waals surface area (Å²) >= 11 is 0. The van der Waals surface area contributed by atoms with Crippen LogP contribution in [0.3, 0.4) is 0 Å². The van der Waals surface area contributed by atoms with E-state index in [2.05, 4.69) is 10.6 Å². The van der Waals surface area contributed by atoms with Gasteiger partial charge in [0, 0.05) is 23.8 Å². The first-order valence-corrected chi connectivity index (χ1v) is 5.61. The third-order valence-corrected chi connectivity index (χ3v) is 2.88. The highest BCUT2D eigenvalue weighted by atomic mass is 19.3. The maximum atomic E-state index is 12.3. The average molecular weight is 226 g/mol. The van der Waals surface area contributed by atoms with Gasteiger partial charge >= 0.3 is 0 Å². The number of alkyl halides is 2. The molecular formula is C12H16F2N2. The molecule has 1 aliphatic rings. The van der Waals surface area contributed by atoms with E-state index in [1.54, 1.807) is 12.1 Å². The van der Waals surface area contributed by atoms with Crippen LogP contribution in [0.4, 0.5) is 14.5 Å². The average Bonchev–Trinajstić information content (AvgIpc) is 2.80. The van der Waals surface area contributed by atoms with Crippen LogP contribution < -0.4 is 10.6 Å². The largest absolute Gasteiger partial charge is 0.383 e. The third kappa shape index (κ3) is 2.92. The SMILES string of the molecule is FC(F)c1ccc(NCC2CCCN2)cc1. The number of nitrogens with one attached hydrogen (secondary N) is 2. The van der Waals surface area contributed by atoms with E-state index in [9.17, 15) is 8.78 Å². The molecule has 1 aliphatic heterocycles. The van der Waals surface area contributed by atoms with Gasteiger partial charge in [-0.15, -0.1) is 0 Å². The maximum absolute atomic E-state index is 12.3. The van der Waals surface area contributed by atoms with E-state index in [0.717, 1.165) is 18.8 Å². The molecule has 2 rings (SSSR count). The lowest BCUT2D eigenvalue weighted by atomic mass is 10.2. The van der Waals surface area contributed by atoms with Crippen molar-refractivity contribution < 1.29 is 8.78 Å². The minimum Gasteiger partial charge on any atom is -0.383 e. The van der Waals surface area contributed by atoms with Crippen molar-refractivity contribution in [3.8, 4) is 0 Å². The molecule has 0 bridgehead atoms. The van der Waals surface area contributed by atoms with E-state index in [1.807, 2.05) is 0 Å². The Labute approximate surface area is 94.0 Å². The fraction of sp³-hybridized carbons (Fsp3) is 0.500. The van der Waals surface area contributed by atoms with Gasteiger partial charge in [-0.2, -0.15) is 0 Å². The molecule has 4 heteroatoms. The van der Waals surface area contributed by atoms with Crippen molar-refractivity contribution in [3.63, 3.8) is 0 Å². The van der Waals surface area contributed by atoms with Gasteiger partial charge in [-0.1, -0.05) is 12.1 Å². The molecule has 1 atom stereocenters.